The Bertz CT molecular complexity index is 1970. The van der Waals surface area contributed by atoms with Crippen LogP contribution in [0.2, 0.25) is 15.1 Å². The number of benzene rings is 4. The molecule has 0 atom stereocenters. The first-order chi connectivity index (χ1) is 30.0. The van der Waals surface area contributed by atoms with Gasteiger partial charge < -0.3 is 86.4 Å². The van der Waals surface area contributed by atoms with Gasteiger partial charge in [0.2, 0.25) is 0 Å². The summed E-state index contributed by atoms with van der Waals surface area (Å²) in [6.07, 6.45) is -0.350. The number of methoxy groups -OCH3 is 6. The molecule has 0 aliphatic carbocycles. The summed E-state index contributed by atoms with van der Waals surface area (Å²) >= 11 is 17.0. The Labute approximate surface area is 483 Å². The molecule has 0 amide bonds. The van der Waals surface area contributed by atoms with Crippen molar-refractivity contribution >= 4 is 58.7 Å². The fraction of sp³-hybridized carbons (Fsp3) is 0.391. The van der Waals surface area contributed by atoms with Gasteiger partial charge in [0.25, 0.3) is 0 Å². The predicted octanol–water partition coefficient (Wildman–Crippen LogP) is 0.872. The van der Waals surface area contributed by atoms with E-state index in [0.717, 1.165) is 11.5 Å². The van der Waals surface area contributed by atoms with Gasteiger partial charge in [-0.05, 0) is 75.7 Å². The second-order valence-corrected chi connectivity index (χ2v) is 12.7. The molecular formula is C46H73Cl3Na2O21. The van der Waals surface area contributed by atoms with E-state index in [0.29, 0.717) is 38.6 Å². The first-order valence-corrected chi connectivity index (χ1v) is 20.0. The second-order valence-electron chi connectivity index (χ2n) is 11.5. The fourth-order valence-electron chi connectivity index (χ4n) is 4.44. The molecule has 0 saturated carbocycles. The summed E-state index contributed by atoms with van der Waals surface area (Å²) in [7, 11) is 9.27. The van der Waals surface area contributed by atoms with E-state index < -0.39 is 23.9 Å². The number of phenolic OH excluding ortho intramolecular Hbond substituents is 2. The molecule has 11 N–H and O–H groups in total. The second kappa shape index (κ2) is 53.1. The maximum absolute atomic E-state index is 12.1. The molecule has 0 aliphatic heterocycles. The molecule has 0 bridgehead atoms. The third-order valence-electron chi connectivity index (χ3n) is 7.28. The first kappa shape index (κ1) is 90.6. The van der Waals surface area contributed by atoms with Gasteiger partial charge in [-0.3, -0.25) is 14.4 Å². The maximum atomic E-state index is 12.1. The molecule has 0 aliphatic rings. The van der Waals surface area contributed by atoms with Gasteiger partial charge in [0.1, 0.15) is 58.0 Å². The monoisotopic (exact) mass is 1110 g/mol. The Morgan fingerprint density at radius 2 is 0.847 bits per heavy atom. The van der Waals surface area contributed by atoms with Crippen LogP contribution in [0.4, 0.5) is 0 Å². The largest absolute Gasteiger partial charge is 1.00 e. The standard InChI is InChI=1S/C15H20O6.2C8H9ClO2.C7H12O4.C6H5ClO2.2CH4.2Na.5H2O.H/c1-5-20-13(16)8-10-7-11(18-3)9-12(19-4)14(10)15(17)21-6-2;2*1-10-6-3-4-7(9)8(5-6)11-2;1-3-10-6(8)5-7(9)11-4-2;7-5-2-1-4(8)3-6(5)9;;;;;;;;;;/h7,9H,5-6,8H2,1-4H3;2*3-5H,1-2H3;3-5H2,1-2H3;1-3,8-9H;2*1H4;;;5*1H2;/q;;;;;;;2*+1;;;;;;-1/p-1. The fourth-order valence-corrected chi connectivity index (χ4v) is 4.95. The van der Waals surface area contributed by atoms with Crippen LogP contribution in [0.5, 0.6) is 46.0 Å². The normalized spacial score (nSPS) is 8.29. The third-order valence-corrected chi connectivity index (χ3v) is 8.22. The van der Waals surface area contributed by atoms with Crippen LogP contribution in [0.1, 0.15) is 66.3 Å². The molecule has 4 aromatic carbocycles. The summed E-state index contributed by atoms with van der Waals surface area (Å²) in [6, 6.07) is 17.7. The minimum absolute atomic E-state index is 0. The zero-order chi connectivity index (χ0) is 47.9. The smallest absolute Gasteiger partial charge is 1.00 e. The van der Waals surface area contributed by atoms with Crippen molar-refractivity contribution in [2.24, 2.45) is 0 Å². The Hall–Kier alpha value is -4.17. The zero-order valence-electron chi connectivity index (χ0n) is 42.3. The number of carbonyl (C=O) groups excluding carboxylic acids is 4. The van der Waals surface area contributed by atoms with Crippen LogP contribution in [0.3, 0.4) is 0 Å². The van der Waals surface area contributed by atoms with E-state index in [1.165, 1.54) is 32.4 Å². The Balaban J connectivity index is -0.0000000731. The molecule has 0 fully saturated rings. The molecule has 0 heterocycles. The van der Waals surface area contributed by atoms with Crippen molar-refractivity contribution < 1.29 is 165 Å². The summed E-state index contributed by atoms with van der Waals surface area (Å²) in [5, 5.41) is 19.0. The van der Waals surface area contributed by atoms with Crippen molar-refractivity contribution in [3.05, 3.63) is 92.9 Å². The summed E-state index contributed by atoms with van der Waals surface area (Å²) < 4.78 is 49.2. The molecule has 0 unspecified atom stereocenters. The first-order valence-electron chi connectivity index (χ1n) is 18.8. The summed E-state index contributed by atoms with van der Waals surface area (Å²) in [5.74, 6) is 1.39. The Morgan fingerprint density at radius 1 is 0.486 bits per heavy atom. The van der Waals surface area contributed by atoms with Gasteiger partial charge in [0.15, 0.2) is 0 Å². The number of carbonyl (C=O) groups is 4. The molecule has 0 radical (unpaired) electrons. The van der Waals surface area contributed by atoms with Crippen molar-refractivity contribution in [1.82, 2.24) is 0 Å². The van der Waals surface area contributed by atoms with E-state index in [4.69, 9.17) is 82.9 Å². The quantitative estimate of drug-likeness (QED) is 0.0722. The molecule has 4 aromatic rings. The molecular weight excluding hydrogens is 1040 g/mol. The SMILES string of the molecule is C.C.CCOC(=O)CC(=O)OCC.CCOC(=O)Cc1cc(OC)cc(OC)c1C(=O)OCC.COc1ccc(Cl)c(OC)c1.COc1ccc(Cl)c(OC)c1.O.O.O.O.Oc1ccc(Cl)c(O)c1.[H-].[Na+].[Na+].[OH-]. The van der Waals surface area contributed by atoms with Gasteiger partial charge >= 0.3 is 83.0 Å². The summed E-state index contributed by atoms with van der Waals surface area (Å²) in [6.45, 7) is 7.87. The molecule has 4 rings (SSSR count). The van der Waals surface area contributed by atoms with Crippen LogP contribution in [0, 0.1) is 0 Å². The van der Waals surface area contributed by atoms with Crippen molar-refractivity contribution in [2.45, 2.75) is 55.4 Å². The van der Waals surface area contributed by atoms with Crippen LogP contribution in [-0.4, -0.2) is 131 Å². The molecule has 0 saturated heterocycles. The van der Waals surface area contributed by atoms with Gasteiger partial charge in [0, 0.05) is 24.3 Å². The number of hydrogen-bond donors (Lipinski definition) is 2. The van der Waals surface area contributed by atoms with Crippen molar-refractivity contribution in [2.75, 3.05) is 69.1 Å². The average molecular weight is 1110 g/mol. The van der Waals surface area contributed by atoms with Crippen molar-refractivity contribution in [3.8, 4) is 46.0 Å². The van der Waals surface area contributed by atoms with Crippen molar-refractivity contribution in [1.29, 1.82) is 0 Å². The van der Waals surface area contributed by atoms with E-state index in [1.807, 2.05) is 0 Å². The molecule has 0 aromatic heterocycles. The van der Waals surface area contributed by atoms with Gasteiger partial charge in [-0.25, -0.2) is 4.79 Å². The van der Waals surface area contributed by atoms with E-state index in [2.05, 4.69) is 9.47 Å². The average Bonchev–Trinajstić information content (AvgIpc) is 3.26. The molecule has 406 valence electrons. The van der Waals surface area contributed by atoms with E-state index >= 15 is 0 Å². The van der Waals surface area contributed by atoms with Crippen LogP contribution >= 0.6 is 34.8 Å². The predicted molar refractivity (Wildman–Crippen MR) is 269 cm³/mol. The number of hydrogen-bond acceptors (Lipinski definition) is 17. The van der Waals surface area contributed by atoms with Crippen LogP contribution in [0.25, 0.3) is 0 Å². The Morgan fingerprint density at radius 3 is 1.18 bits per heavy atom. The van der Waals surface area contributed by atoms with E-state index in [1.54, 1.807) is 105 Å². The van der Waals surface area contributed by atoms with E-state index in [-0.39, 0.29) is 164 Å². The third kappa shape index (κ3) is 36.7. The summed E-state index contributed by atoms with van der Waals surface area (Å²) in [5.41, 5.74) is 0.663. The number of halogens is 3. The summed E-state index contributed by atoms with van der Waals surface area (Å²) in [4.78, 5) is 45.0. The topological polar surface area (TPSA) is 357 Å². The van der Waals surface area contributed by atoms with Crippen LogP contribution in [0.15, 0.2) is 66.7 Å². The maximum Gasteiger partial charge on any atom is 1.00 e. The van der Waals surface area contributed by atoms with Gasteiger partial charge in [-0.15, -0.1) is 0 Å². The Kier molecular flexibility index (Phi) is 66.8. The number of ether oxygens (including phenoxy) is 10. The number of rotatable bonds is 15. The molecule has 21 nitrogen and oxygen atoms in total. The molecule has 72 heavy (non-hydrogen) atoms. The molecule has 0 spiro atoms. The zero-order valence-corrected chi connectivity index (χ0v) is 47.6. The van der Waals surface area contributed by atoms with Gasteiger partial charge in [-0.1, -0.05) is 49.7 Å². The number of aromatic hydroxyl groups is 2. The molecule has 26 heteroatoms. The van der Waals surface area contributed by atoms with Crippen LogP contribution < -0.4 is 87.5 Å². The van der Waals surface area contributed by atoms with Gasteiger partial charge in [-0.2, -0.15) is 0 Å². The minimum atomic E-state index is -0.545. The van der Waals surface area contributed by atoms with E-state index in [9.17, 15) is 19.2 Å². The van der Waals surface area contributed by atoms with Gasteiger partial charge in [0.05, 0.1) is 90.6 Å². The number of esters is 4. The van der Waals surface area contributed by atoms with Crippen LogP contribution in [-0.2, 0) is 39.8 Å². The number of phenols is 2. The van der Waals surface area contributed by atoms with Crippen molar-refractivity contribution in [3.63, 3.8) is 0 Å². The minimum Gasteiger partial charge on any atom is -1.00 e.